The van der Waals surface area contributed by atoms with Crippen LogP contribution in [0.3, 0.4) is 0 Å². The SMILES string of the molecule is COc1ccc(-c2nc(NC(=O)CC(C)N)sc2C)cc1.Cl. The third kappa shape index (κ3) is 4.69. The predicted octanol–water partition coefficient (Wildman–Crippen LogP) is 3.22. The lowest BCUT2D eigenvalue weighted by Gasteiger charge is -2.04. The zero-order chi connectivity index (χ0) is 15.4. The number of anilines is 1. The van der Waals surface area contributed by atoms with Gasteiger partial charge in [0.1, 0.15) is 5.75 Å². The van der Waals surface area contributed by atoms with Crippen molar-refractivity contribution in [2.75, 3.05) is 12.4 Å². The first-order chi connectivity index (χ1) is 9.99. The van der Waals surface area contributed by atoms with Crippen molar-refractivity contribution >= 4 is 34.8 Å². The summed E-state index contributed by atoms with van der Waals surface area (Å²) >= 11 is 1.46. The minimum Gasteiger partial charge on any atom is -0.497 e. The Hall–Kier alpha value is -1.63. The fraction of sp³-hybridized carbons (Fsp3) is 0.333. The van der Waals surface area contributed by atoms with E-state index in [1.165, 1.54) is 11.3 Å². The molecule has 5 nitrogen and oxygen atoms in total. The molecule has 0 aliphatic heterocycles. The van der Waals surface area contributed by atoms with Crippen molar-refractivity contribution in [2.24, 2.45) is 5.73 Å². The summed E-state index contributed by atoms with van der Waals surface area (Å²) in [4.78, 5) is 17.3. The van der Waals surface area contributed by atoms with Crippen LogP contribution in [0.4, 0.5) is 5.13 Å². The number of hydrogen-bond acceptors (Lipinski definition) is 5. The highest BCUT2D eigenvalue weighted by Crippen LogP contribution is 2.31. The van der Waals surface area contributed by atoms with Crippen LogP contribution in [-0.2, 0) is 4.79 Å². The molecule has 1 atom stereocenters. The first-order valence-electron chi connectivity index (χ1n) is 6.67. The number of thiazole rings is 1. The molecule has 120 valence electrons. The summed E-state index contributed by atoms with van der Waals surface area (Å²) in [6.45, 7) is 3.79. The number of hydrogen-bond donors (Lipinski definition) is 2. The smallest absolute Gasteiger partial charge is 0.227 e. The molecule has 3 N–H and O–H groups in total. The molecule has 7 heteroatoms. The van der Waals surface area contributed by atoms with Gasteiger partial charge < -0.3 is 15.8 Å². The quantitative estimate of drug-likeness (QED) is 0.875. The van der Waals surface area contributed by atoms with E-state index >= 15 is 0 Å². The maximum absolute atomic E-state index is 11.7. The second-order valence-corrected chi connectivity index (χ2v) is 6.09. The number of aromatic nitrogens is 1. The second kappa shape index (κ2) is 8.12. The molecule has 2 aromatic rings. The highest BCUT2D eigenvalue weighted by molar-refractivity contribution is 7.16. The van der Waals surface area contributed by atoms with E-state index < -0.39 is 0 Å². The Balaban J connectivity index is 0.00000242. The summed E-state index contributed by atoms with van der Waals surface area (Å²) in [5, 5.41) is 3.39. The van der Waals surface area contributed by atoms with Gasteiger partial charge in [0.2, 0.25) is 5.91 Å². The van der Waals surface area contributed by atoms with E-state index in [0.717, 1.165) is 21.9 Å². The number of halogens is 1. The summed E-state index contributed by atoms with van der Waals surface area (Å²) < 4.78 is 5.14. The maximum atomic E-state index is 11.7. The van der Waals surface area contributed by atoms with E-state index in [2.05, 4.69) is 10.3 Å². The second-order valence-electron chi connectivity index (χ2n) is 4.88. The summed E-state index contributed by atoms with van der Waals surface area (Å²) in [6, 6.07) is 7.53. The van der Waals surface area contributed by atoms with Crippen molar-refractivity contribution in [1.82, 2.24) is 4.98 Å². The van der Waals surface area contributed by atoms with Gasteiger partial charge in [0.25, 0.3) is 0 Å². The zero-order valence-electron chi connectivity index (χ0n) is 12.8. The molecule has 1 unspecified atom stereocenters. The highest BCUT2D eigenvalue weighted by atomic mass is 35.5. The number of carbonyl (C=O) groups is 1. The van der Waals surface area contributed by atoms with Crippen LogP contribution in [0.2, 0.25) is 0 Å². The van der Waals surface area contributed by atoms with Crippen molar-refractivity contribution in [1.29, 1.82) is 0 Å². The lowest BCUT2D eigenvalue weighted by atomic mass is 10.1. The number of ether oxygens (including phenoxy) is 1. The molecular weight excluding hydrogens is 322 g/mol. The van der Waals surface area contributed by atoms with E-state index in [4.69, 9.17) is 10.5 Å². The van der Waals surface area contributed by atoms with E-state index in [9.17, 15) is 4.79 Å². The Kier molecular flexibility index (Phi) is 6.80. The van der Waals surface area contributed by atoms with Crippen molar-refractivity contribution < 1.29 is 9.53 Å². The number of methoxy groups -OCH3 is 1. The lowest BCUT2D eigenvalue weighted by Crippen LogP contribution is -2.23. The average Bonchev–Trinajstić information content (AvgIpc) is 2.78. The maximum Gasteiger partial charge on any atom is 0.227 e. The number of nitrogens with one attached hydrogen (secondary N) is 1. The number of rotatable bonds is 5. The minimum atomic E-state index is -0.160. The van der Waals surface area contributed by atoms with E-state index in [0.29, 0.717) is 5.13 Å². The standard InChI is InChI=1S/C15H19N3O2S.ClH/c1-9(16)8-13(19)17-15-18-14(10(2)21-15)11-4-6-12(20-3)7-5-11;/h4-7,9H,8,16H2,1-3H3,(H,17,18,19);1H. The molecular formula is C15H20ClN3O2S. The van der Waals surface area contributed by atoms with Crippen molar-refractivity contribution in [3.05, 3.63) is 29.1 Å². The number of carbonyl (C=O) groups excluding carboxylic acids is 1. The first kappa shape index (κ1) is 18.4. The normalized spacial score (nSPS) is 11.5. The van der Waals surface area contributed by atoms with Gasteiger partial charge in [-0.25, -0.2) is 4.98 Å². The molecule has 2 rings (SSSR count). The topological polar surface area (TPSA) is 77.2 Å². The van der Waals surface area contributed by atoms with Crippen LogP contribution in [0.15, 0.2) is 24.3 Å². The summed E-state index contributed by atoms with van der Waals surface area (Å²) in [5.74, 6) is 0.692. The molecule has 0 aliphatic carbocycles. The zero-order valence-corrected chi connectivity index (χ0v) is 14.4. The van der Waals surface area contributed by atoms with E-state index in [-0.39, 0.29) is 30.8 Å². The number of benzene rings is 1. The van der Waals surface area contributed by atoms with Crippen LogP contribution in [0, 0.1) is 6.92 Å². The Morgan fingerprint density at radius 1 is 1.41 bits per heavy atom. The molecule has 0 saturated carbocycles. The molecule has 0 radical (unpaired) electrons. The van der Waals surface area contributed by atoms with Gasteiger partial charge in [0.05, 0.1) is 12.8 Å². The van der Waals surface area contributed by atoms with Crippen molar-refractivity contribution in [3.63, 3.8) is 0 Å². The average molecular weight is 342 g/mol. The number of amides is 1. The van der Waals surface area contributed by atoms with Gasteiger partial charge in [-0.1, -0.05) is 0 Å². The first-order valence-corrected chi connectivity index (χ1v) is 7.48. The molecule has 1 aromatic carbocycles. The third-order valence-electron chi connectivity index (χ3n) is 2.91. The Morgan fingerprint density at radius 3 is 2.59 bits per heavy atom. The van der Waals surface area contributed by atoms with Crippen LogP contribution in [0.1, 0.15) is 18.2 Å². The van der Waals surface area contributed by atoms with Crippen LogP contribution in [0.25, 0.3) is 11.3 Å². The van der Waals surface area contributed by atoms with E-state index in [1.54, 1.807) is 14.0 Å². The minimum absolute atomic E-state index is 0. The Morgan fingerprint density at radius 2 is 2.05 bits per heavy atom. The molecule has 1 amide bonds. The monoisotopic (exact) mass is 341 g/mol. The van der Waals surface area contributed by atoms with Crippen molar-refractivity contribution in [2.45, 2.75) is 26.3 Å². The van der Waals surface area contributed by atoms with Gasteiger partial charge in [-0.05, 0) is 38.1 Å². The van der Waals surface area contributed by atoms with Crippen LogP contribution in [-0.4, -0.2) is 24.0 Å². The largest absolute Gasteiger partial charge is 0.497 e. The fourth-order valence-electron chi connectivity index (χ4n) is 1.93. The Bertz CT molecular complexity index is 626. The number of nitrogens with zero attached hydrogens (tertiary/aromatic N) is 1. The summed E-state index contributed by atoms with van der Waals surface area (Å²) in [6.07, 6.45) is 0.288. The Labute approximate surface area is 140 Å². The third-order valence-corrected chi connectivity index (χ3v) is 3.80. The molecule has 1 aromatic heterocycles. The van der Waals surface area contributed by atoms with E-state index in [1.807, 2.05) is 31.2 Å². The molecule has 1 heterocycles. The summed E-state index contributed by atoms with van der Waals surface area (Å²) in [7, 11) is 1.63. The summed E-state index contributed by atoms with van der Waals surface area (Å²) in [5.41, 5.74) is 7.48. The van der Waals surface area contributed by atoms with Gasteiger partial charge in [0, 0.05) is 22.9 Å². The van der Waals surface area contributed by atoms with Crippen LogP contribution >= 0.6 is 23.7 Å². The van der Waals surface area contributed by atoms with Crippen molar-refractivity contribution in [3.8, 4) is 17.0 Å². The predicted molar refractivity (Wildman–Crippen MR) is 93.0 cm³/mol. The number of aryl methyl sites for hydroxylation is 1. The van der Waals surface area contributed by atoms with Gasteiger partial charge in [-0.3, -0.25) is 4.79 Å². The molecule has 0 bridgehead atoms. The van der Waals surface area contributed by atoms with Gasteiger partial charge >= 0.3 is 0 Å². The van der Waals surface area contributed by atoms with Crippen LogP contribution in [0.5, 0.6) is 5.75 Å². The fourth-order valence-corrected chi connectivity index (χ4v) is 2.78. The van der Waals surface area contributed by atoms with Gasteiger partial charge in [-0.15, -0.1) is 23.7 Å². The molecule has 0 aliphatic rings. The molecule has 0 spiro atoms. The molecule has 0 fully saturated rings. The lowest BCUT2D eigenvalue weighted by molar-refractivity contribution is -0.116. The highest BCUT2D eigenvalue weighted by Gasteiger charge is 2.13. The molecule has 22 heavy (non-hydrogen) atoms. The van der Waals surface area contributed by atoms with Gasteiger partial charge in [0.15, 0.2) is 5.13 Å². The number of nitrogens with two attached hydrogens (primary N) is 1. The molecule has 0 saturated heterocycles. The van der Waals surface area contributed by atoms with Crippen LogP contribution < -0.4 is 15.8 Å². The van der Waals surface area contributed by atoms with Gasteiger partial charge in [-0.2, -0.15) is 0 Å².